The van der Waals surface area contributed by atoms with Crippen LogP contribution in [0.15, 0.2) is 33.5 Å². The zero-order valence-corrected chi connectivity index (χ0v) is 24.9. The molecule has 2 aliphatic rings. The Bertz CT molecular complexity index is 1430. The van der Waals surface area contributed by atoms with Crippen LogP contribution in [0.5, 0.6) is 0 Å². The van der Waals surface area contributed by atoms with Crippen molar-refractivity contribution in [1.82, 2.24) is 9.80 Å². The number of rotatable bonds is 10. The highest BCUT2D eigenvalue weighted by Crippen LogP contribution is 2.30. The largest absolute Gasteiger partial charge is 0.545 e. The molecule has 3 aromatic rings. The SMILES string of the molecule is Cl.Cl.O=C([O-])c1ccc2oc3cc(CCCN4CCCCC4)c(C(=O)[O-])c(CCCN4CCCCC4)c3c(=O)c2c1. The summed E-state index contributed by atoms with van der Waals surface area (Å²) >= 11 is 0. The lowest BCUT2D eigenvalue weighted by Gasteiger charge is -2.27. The predicted molar refractivity (Wildman–Crippen MR) is 160 cm³/mol. The number of aromatic carboxylic acids is 2. The van der Waals surface area contributed by atoms with E-state index in [4.69, 9.17) is 4.42 Å². The highest BCUT2D eigenvalue weighted by molar-refractivity contribution is 6.01. The lowest BCUT2D eigenvalue weighted by Crippen LogP contribution is -2.31. The molecule has 2 aliphatic heterocycles. The van der Waals surface area contributed by atoms with Crippen molar-refractivity contribution < 1.29 is 24.2 Å². The molecule has 0 saturated carbocycles. The smallest absolute Gasteiger partial charge is 0.200 e. The standard InChI is InChI=1S/C31H38N2O6.2ClH/c34-29-24-19-22(30(35)36)11-12-25(24)39-26-20-21(9-7-17-32-13-3-1-4-14-32)27(31(37)38)23(28(26)29)10-8-18-33-15-5-2-6-16-33;;/h11-12,19-20H,1-10,13-18H2,(H,35,36)(H,37,38);2*1H/p-2. The van der Waals surface area contributed by atoms with Gasteiger partial charge in [-0.2, -0.15) is 0 Å². The second-order valence-electron chi connectivity index (χ2n) is 11.0. The highest BCUT2D eigenvalue weighted by atomic mass is 35.5. The van der Waals surface area contributed by atoms with Crippen LogP contribution in [-0.2, 0) is 12.8 Å². The van der Waals surface area contributed by atoms with E-state index in [-0.39, 0.29) is 52.3 Å². The van der Waals surface area contributed by atoms with E-state index in [1.165, 1.54) is 43.9 Å². The Morgan fingerprint density at radius 3 is 1.90 bits per heavy atom. The molecule has 2 aromatic carbocycles. The Morgan fingerprint density at radius 1 is 0.756 bits per heavy atom. The molecular weight excluding hydrogens is 567 g/mol. The highest BCUT2D eigenvalue weighted by Gasteiger charge is 2.21. The fourth-order valence-electron chi connectivity index (χ4n) is 6.32. The van der Waals surface area contributed by atoms with E-state index in [1.54, 1.807) is 6.07 Å². The third-order valence-electron chi connectivity index (χ3n) is 8.31. The van der Waals surface area contributed by atoms with Crippen LogP contribution in [0.2, 0.25) is 0 Å². The Morgan fingerprint density at radius 2 is 1.34 bits per heavy atom. The van der Waals surface area contributed by atoms with Gasteiger partial charge >= 0.3 is 0 Å². The first-order valence-corrected chi connectivity index (χ1v) is 14.3. The van der Waals surface area contributed by atoms with Gasteiger partial charge in [-0.25, -0.2) is 0 Å². The molecule has 0 aliphatic carbocycles. The van der Waals surface area contributed by atoms with Crippen molar-refractivity contribution in [2.75, 3.05) is 39.3 Å². The van der Waals surface area contributed by atoms with Crippen LogP contribution in [0.25, 0.3) is 21.9 Å². The van der Waals surface area contributed by atoms with Crippen LogP contribution in [0.4, 0.5) is 0 Å². The molecule has 0 radical (unpaired) electrons. The molecule has 0 bridgehead atoms. The molecule has 8 nitrogen and oxygen atoms in total. The van der Waals surface area contributed by atoms with Gasteiger partial charge in [-0.15, -0.1) is 24.8 Å². The maximum absolute atomic E-state index is 13.8. The summed E-state index contributed by atoms with van der Waals surface area (Å²) < 4.78 is 6.12. The number of carboxylic acids is 2. The Labute approximate surface area is 252 Å². The minimum atomic E-state index is -1.39. The Hall–Kier alpha value is -2.65. The molecule has 224 valence electrons. The van der Waals surface area contributed by atoms with Crippen LogP contribution in [0, 0.1) is 0 Å². The molecular formula is C31H38Cl2N2O6-2. The quantitative estimate of drug-likeness (QED) is 0.323. The third-order valence-corrected chi connectivity index (χ3v) is 8.31. The third kappa shape index (κ3) is 7.60. The lowest BCUT2D eigenvalue weighted by molar-refractivity contribution is -0.256. The lowest BCUT2D eigenvalue weighted by atomic mass is 9.90. The summed E-state index contributed by atoms with van der Waals surface area (Å²) in [5.74, 6) is -2.68. The Balaban J connectivity index is 0.00000231. The van der Waals surface area contributed by atoms with Gasteiger partial charge in [0, 0.05) is 5.56 Å². The number of carbonyl (C=O) groups excluding carboxylic acids is 2. The van der Waals surface area contributed by atoms with Crippen molar-refractivity contribution in [2.45, 2.75) is 64.2 Å². The van der Waals surface area contributed by atoms with E-state index in [2.05, 4.69) is 9.80 Å². The molecule has 2 saturated heterocycles. The number of benzene rings is 2. The molecule has 0 N–H and O–H groups in total. The number of aryl methyl sites for hydroxylation is 2. The summed E-state index contributed by atoms with van der Waals surface area (Å²) in [7, 11) is 0. The van der Waals surface area contributed by atoms with Gasteiger partial charge in [0.1, 0.15) is 11.2 Å². The number of carbonyl (C=O) groups is 2. The molecule has 0 unspecified atom stereocenters. The summed E-state index contributed by atoms with van der Waals surface area (Å²) in [4.78, 5) is 42.6. The van der Waals surface area contributed by atoms with Gasteiger partial charge in [-0.05, 0) is 132 Å². The van der Waals surface area contributed by atoms with Gasteiger partial charge in [0.25, 0.3) is 0 Å². The van der Waals surface area contributed by atoms with E-state index in [1.807, 2.05) is 0 Å². The van der Waals surface area contributed by atoms with E-state index in [0.717, 1.165) is 58.5 Å². The molecule has 5 rings (SSSR count). The van der Waals surface area contributed by atoms with Crippen LogP contribution in [0.3, 0.4) is 0 Å². The van der Waals surface area contributed by atoms with Crippen LogP contribution < -0.4 is 15.6 Å². The fourth-order valence-corrected chi connectivity index (χ4v) is 6.32. The van der Waals surface area contributed by atoms with Crippen LogP contribution >= 0.6 is 24.8 Å². The fraction of sp³-hybridized carbons (Fsp3) is 0.516. The van der Waals surface area contributed by atoms with Gasteiger partial charge in [0.05, 0.1) is 22.7 Å². The zero-order valence-electron chi connectivity index (χ0n) is 23.3. The van der Waals surface area contributed by atoms with Crippen LogP contribution in [0.1, 0.15) is 83.2 Å². The number of fused-ring (bicyclic) bond motifs is 2. The minimum absolute atomic E-state index is 0. The maximum Gasteiger partial charge on any atom is 0.200 e. The van der Waals surface area contributed by atoms with Gasteiger partial charge < -0.3 is 34.0 Å². The van der Waals surface area contributed by atoms with Gasteiger partial charge in [-0.1, -0.05) is 12.8 Å². The molecule has 10 heteroatoms. The van der Waals surface area contributed by atoms with E-state index in [9.17, 15) is 24.6 Å². The van der Waals surface area contributed by atoms with Gasteiger partial charge in [0.15, 0.2) is 0 Å². The van der Waals surface area contributed by atoms with Crippen molar-refractivity contribution in [1.29, 1.82) is 0 Å². The summed E-state index contributed by atoms with van der Waals surface area (Å²) in [5, 5.41) is 24.3. The molecule has 0 spiro atoms. The average Bonchev–Trinajstić information content (AvgIpc) is 2.93. The summed E-state index contributed by atoms with van der Waals surface area (Å²) in [6.07, 6.45) is 9.64. The van der Waals surface area contributed by atoms with Crippen LogP contribution in [-0.4, -0.2) is 61.0 Å². The van der Waals surface area contributed by atoms with E-state index < -0.39 is 17.4 Å². The van der Waals surface area contributed by atoms with Gasteiger partial charge in [0.2, 0.25) is 5.43 Å². The number of likely N-dealkylation sites (tertiary alicyclic amines) is 2. The molecule has 2 fully saturated rings. The van der Waals surface area contributed by atoms with Crippen molar-refractivity contribution in [3.63, 3.8) is 0 Å². The number of piperidine rings is 2. The summed E-state index contributed by atoms with van der Waals surface area (Å²) in [6, 6.07) is 5.73. The minimum Gasteiger partial charge on any atom is -0.545 e. The molecule has 3 heterocycles. The zero-order chi connectivity index (χ0) is 27.4. The van der Waals surface area contributed by atoms with Crippen molar-refractivity contribution in [3.05, 3.63) is 56.7 Å². The number of carboxylic acid groups (broad SMARTS) is 2. The molecule has 0 amide bonds. The number of halogens is 2. The Kier molecular flexibility index (Phi) is 12.0. The van der Waals surface area contributed by atoms with Crippen molar-refractivity contribution in [3.8, 4) is 0 Å². The first-order valence-electron chi connectivity index (χ1n) is 14.3. The predicted octanol–water partition coefficient (Wildman–Crippen LogP) is 3.35. The first-order chi connectivity index (χ1) is 18.9. The molecule has 1 aromatic heterocycles. The number of hydrogen-bond acceptors (Lipinski definition) is 8. The maximum atomic E-state index is 13.8. The molecule has 41 heavy (non-hydrogen) atoms. The van der Waals surface area contributed by atoms with E-state index >= 15 is 0 Å². The topological polar surface area (TPSA) is 117 Å². The van der Waals surface area contributed by atoms with Crippen molar-refractivity contribution >= 4 is 58.7 Å². The second-order valence-corrected chi connectivity index (χ2v) is 11.0. The normalized spacial score (nSPS) is 16.3. The average molecular weight is 606 g/mol. The number of nitrogens with zero attached hydrogens (tertiary/aromatic N) is 2. The molecule has 0 atom stereocenters. The number of hydrogen-bond donors (Lipinski definition) is 0. The monoisotopic (exact) mass is 604 g/mol. The summed E-state index contributed by atoms with van der Waals surface area (Å²) in [6.45, 7) is 5.92. The second kappa shape index (κ2) is 15.0. The summed E-state index contributed by atoms with van der Waals surface area (Å²) in [5.41, 5.74) is 1.19. The first kappa shape index (κ1) is 32.9. The van der Waals surface area contributed by atoms with E-state index in [0.29, 0.717) is 36.0 Å². The van der Waals surface area contributed by atoms with Crippen molar-refractivity contribution in [2.24, 2.45) is 0 Å². The van der Waals surface area contributed by atoms with Gasteiger partial charge in [-0.3, -0.25) is 4.79 Å².